The second kappa shape index (κ2) is 7.79. The molecule has 6 heteroatoms. The van der Waals surface area contributed by atoms with E-state index in [2.05, 4.69) is 17.2 Å². The van der Waals surface area contributed by atoms with Gasteiger partial charge in [0.15, 0.2) is 11.5 Å². The molecule has 0 radical (unpaired) electrons. The van der Waals surface area contributed by atoms with Crippen molar-refractivity contribution in [3.8, 4) is 17.2 Å². The van der Waals surface area contributed by atoms with Crippen LogP contribution in [-0.2, 0) is 13.0 Å². The quantitative estimate of drug-likeness (QED) is 0.811. The van der Waals surface area contributed by atoms with Crippen LogP contribution in [0.3, 0.4) is 0 Å². The highest BCUT2D eigenvalue weighted by Gasteiger charge is 2.14. The van der Waals surface area contributed by atoms with Gasteiger partial charge in [-0.05, 0) is 32.4 Å². The van der Waals surface area contributed by atoms with Crippen LogP contribution in [0.1, 0.15) is 38.6 Å². The van der Waals surface area contributed by atoms with E-state index >= 15 is 0 Å². The van der Waals surface area contributed by atoms with E-state index in [1.54, 1.807) is 0 Å². The van der Waals surface area contributed by atoms with E-state index in [1.165, 1.54) is 0 Å². The van der Waals surface area contributed by atoms with E-state index in [0.29, 0.717) is 25.5 Å². The van der Waals surface area contributed by atoms with Gasteiger partial charge in [0, 0.05) is 12.6 Å². The van der Waals surface area contributed by atoms with Gasteiger partial charge in [0.25, 0.3) is 0 Å². The molecule has 6 nitrogen and oxygen atoms in total. The van der Waals surface area contributed by atoms with Gasteiger partial charge in [-0.25, -0.2) is 4.68 Å². The maximum atomic E-state index is 5.75. The van der Waals surface area contributed by atoms with Crippen molar-refractivity contribution in [2.24, 2.45) is 5.73 Å². The van der Waals surface area contributed by atoms with Gasteiger partial charge in [0.2, 0.25) is 0 Å². The Balaban J connectivity index is 2.44. The number of ether oxygens (including phenoxy) is 2. The van der Waals surface area contributed by atoms with Crippen LogP contribution in [0.5, 0.6) is 11.5 Å². The van der Waals surface area contributed by atoms with Crippen LogP contribution >= 0.6 is 0 Å². The van der Waals surface area contributed by atoms with Gasteiger partial charge in [0.05, 0.1) is 30.3 Å². The van der Waals surface area contributed by atoms with Gasteiger partial charge >= 0.3 is 0 Å². The first-order valence-corrected chi connectivity index (χ1v) is 7.78. The van der Waals surface area contributed by atoms with E-state index in [1.807, 2.05) is 36.7 Å². The molecule has 1 heterocycles. The normalized spacial score (nSPS) is 10.7. The van der Waals surface area contributed by atoms with Crippen molar-refractivity contribution < 1.29 is 9.47 Å². The van der Waals surface area contributed by atoms with Crippen LogP contribution in [0, 0.1) is 0 Å². The maximum absolute atomic E-state index is 5.75. The predicted molar refractivity (Wildman–Crippen MR) is 85.6 cm³/mol. The minimum absolute atomic E-state index is 0.394. The third-order valence-corrected chi connectivity index (χ3v) is 3.30. The SMILES string of the molecule is CCCc1c(CN)nnn1-c1ccc(OCC)c(OCC)c1. The smallest absolute Gasteiger partial charge is 0.163 e. The van der Waals surface area contributed by atoms with Gasteiger partial charge in [-0.1, -0.05) is 18.6 Å². The van der Waals surface area contributed by atoms with Crippen LogP contribution in [0.4, 0.5) is 0 Å². The lowest BCUT2D eigenvalue weighted by Crippen LogP contribution is -2.07. The van der Waals surface area contributed by atoms with E-state index < -0.39 is 0 Å². The van der Waals surface area contributed by atoms with E-state index in [9.17, 15) is 0 Å². The molecule has 22 heavy (non-hydrogen) atoms. The Morgan fingerprint density at radius 2 is 1.82 bits per heavy atom. The Labute approximate surface area is 131 Å². The zero-order valence-corrected chi connectivity index (χ0v) is 13.5. The summed E-state index contributed by atoms with van der Waals surface area (Å²) in [6.07, 6.45) is 1.90. The van der Waals surface area contributed by atoms with Crippen molar-refractivity contribution in [2.75, 3.05) is 13.2 Å². The third kappa shape index (κ3) is 3.39. The van der Waals surface area contributed by atoms with Crippen molar-refractivity contribution in [3.05, 3.63) is 29.6 Å². The molecule has 0 aliphatic carbocycles. The highest BCUT2D eigenvalue weighted by atomic mass is 16.5. The van der Waals surface area contributed by atoms with E-state index in [0.717, 1.165) is 35.7 Å². The molecule has 0 saturated heterocycles. The standard InChI is InChI=1S/C16H24N4O2/c1-4-7-14-13(11-17)18-19-20(14)12-8-9-15(21-5-2)16(10-12)22-6-3/h8-10H,4-7,11,17H2,1-3H3. The summed E-state index contributed by atoms with van der Waals surface area (Å²) in [5.74, 6) is 1.46. The molecule has 0 spiro atoms. The molecular weight excluding hydrogens is 280 g/mol. The van der Waals surface area contributed by atoms with Crippen molar-refractivity contribution in [1.29, 1.82) is 0 Å². The van der Waals surface area contributed by atoms with Crippen LogP contribution in [0.25, 0.3) is 5.69 Å². The molecule has 0 saturated carbocycles. The average Bonchev–Trinajstić information content (AvgIpc) is 2.93. The fourth-order valence-corrected chi connectivity index (χ4v) is 2.36. The lowest BCUT2D eigenvalue weighted by molar-refractivity contribution is 0.287. The number of hydrogen-bond acceptors (Lipinski definition) is 5. The topological polar surface area (TPSA) is 75.2 Å². The lowest BCUT2D eigenvalue weighted by Gasteiger charge is -2.13. The van der Waals surface area contributed by atoms with Gasteiger partial charge in [-0.2, -0.15) is 0 Å². The number of hydrogen-bond donors (Lipinski definition) is 1. The first-order chi connectivity index (χ1) is 10.7. The van der Waals surface area contributed by atoms with Gasteiger partial charge in [-0.15, -0.1) is 5.10 Å². The highest BCUT2D eigenvalue weighted by Crippen LogP contribution is 2.30. The molecule has 2 rings (SSSR count). The molecule has 1 aromatic heterocycles. The summed E-state index contributed by atoms with van der Waals surface area (Å²) >= 11 is 0. The van der Waals surface area contributed by atoms with E-state index in [4.69, 9.17) is 15.2 Å². The molecule has 2 N–H and O–H groups in total. The van der Waals surface area contributed by atoms with Crippen LogP contribution in [0.15, 0.2) is 18.2 Å². The van der Waals surface area contributed by atoms with Gasteiger partial charge < -0.3 is 15.2 Å². The van der Waals surface area contributed by atoms with Crippen molar-refractivity contribution in [2.45, 2.75) is 40.2 Å². The molecule has 0 bridgehead atoms. The maximum Gasteiger partial charge on any atom is 0.163 e. The molecule has 0 fully saturated rings. The molecule has 1 aromatic carbocycles. The second-order valence-electron chi connectivity index (χ2n) is 4.85. The summed E-state index contributed by atoms with van der Waals surface area (Å²) < 4.78 is 13.1. The summed E-state index contributed by atoms with van der Waals surface area (Å²) in [5, 5.41) is 8.42. The Kier molecular flexibility index (Phi) is 5.77. The minimum atomic E-state index is 0.394. The number of rotatable bonds is 8. The fraction of sp³-hybridized carbons (Fsp3) is 0.500. The first-order valence-electron chi connectivity index (χ1n) is 7.78. The summed E-state index contributed by atoms with van der Waals surface area (Å²) in [7, 11) is 0. The fourth-order valence-electron chi connectivity index (χ4n) is 2.36. The zero-order valence-electron chi connectivity index (χ0n) is 13.5. The minimum Gasteiger partial charge on any atom is -0.490 e. The molecule has 0 unspecified atom stereocenters. The average molecular weight is 304 g/mol. The Bertz CT molecular complexity index is 610. The Morgan fingerprint density at radius 1 is 1.09 bits per heavy atom. The summed E-state index contributed by atoms with van der Waals surface area (Å²) in [4.78, 5) is 0. The molecule has 2 aromatic rings. The van der Waals surface area contributed by atoms with Crippen molar-refractivity contribution in [1.82, 2.24) is 15.0 Å². The lowest BCUT2D eigenvalue weighted by atomic mass is 10.2. The molecule has 0 aliphatic heterocycles. The zero-order chi connectivity index (χ0) is 15.9. The van der Waals surface area contributed by atoms with Crippen molar-refractivity contribution in [3.63, 3.8) is 0 Å². The number of benzene rings is 1. The second-order valence-corrected chi connectivity index (χ2v) is 4.85. The van der Waals surface area contributed by atoms with Crippen molar-refractivity contribution >= 4 is 0 Å². The van der Waals surface area contributed by atoms with E-state index in [-0.39, 0.29) is 0 Å². The van der Waals surface area contributed by atoms with Crippen LogP contribution in [0.2, 0.25) is 0 Å². The number of nitrogens with zero attached hydrogens (tertiary/aromatic N) is 3. The van der Waals surface area contributed by atoms with Crippen LogP contribution in [-0.4, -0.2) is 28.2 Å². The summed E-state index contributed by atoms with van der Waals surface area (Å²) in [6, 6.07) is 5.80. The van der Waals surface area contributed by atoms with Crippen LogP contribution < -0.4 is 15.2 Å². The number of nitrogens with two attached hydrogens (primary N) is 1. The molecule has 0 aliphatic rings. The largest absolute Gasteiger partial charge is 0.490 e. The summed E-state index contributed by atoms with van der Waals surface area (Å²) in [5.41, 5.74) is 8.55. The summed E-state index contributed by atoms with van der Waals surface area (Å²) in [6.45, 7) is 7.60. The molecule has 120 valence electrons. The predicted octanol–water partition coefficient (Wildman–Crippen LogP) is 2.48. The van der Waals surface area contributed by atoms with Gasteiger partial charge in [0.1, 0.15) is 0 Å². The number of aromatic nitrogens is 3. The molecule has 0 amide bonds. The highest BCUT2D eigenvalue weighted by molar-refractivity contribution is 5.49. The Morgan fingerprint density at radius 3 is 2.45 bits per heavy atom. The van der Waals surface area contributed by atoms with Gasteiger partial charge in [-0.3, -0.25) is 0 Å². The Hall–Kier alpha value is -2.08. The monoisotopic (exact) mass is 304 g/mol. The third-order valence-electron chi connectivity index (χ3n) is 3.30. The first kappa shape index (κ1) is 16.3. The molecule has 0 atom stereocenters. The molecular formula is C16H24N4O2.